The van der Waals surface area contributed by atoms with E-state index in [1.54, 1.807) is 12.4 Å². The van der Waals surface area contributed by atoms with E-state index in [1.165, 1.54) is 0 Å². The van der Waals surface area contributed by atoms with E-state index in [1.807, 2.05) is 17.9 Å². The monoisotopic (exact) mass is 619 g/mol. The van der Waals surface area contributed by atoms with Crippen molar-refractivity contribution in [3.05, 3.63) is 35.4 Å². The molecule has 0 amide bonds. The van der Waals surface area contributed by atoms with E-state index in [0.717, 1.165) is 47.8 Å². The number of aromatic amines is 1. The normalized spacial score (nSPS) is 25.5. The van der Waals surface area contributed by atoms with Gasteiger partial charge in [0.25, 0.3) is 0 Å². The Kier molecular flexibility index (Phi) is 6.95. The number of hydrogen-bond donors (Lipinski definition) is 1. The molecule has 4 aromatic rings. The molecular formula is C32H35F2N7O4. The van der Waals surface area contributed by atoms with Crippen molar-refractivity contribution in [1.82, 2.24) is 30.0 Å². The fourth-order valence-corrected chi connectivity index (χ4v) is 7.81. The Balaban J connectivity index is 1.29. The Morgan fingerprint density at radius 3 is 2.98 bits per heavy atom. The first-order chi connectivity index (χ1) is 21.9. The highest BCUT2D eigenvalue weighted by Gasteiger charge is 2.49. The van der Waals surface area contributed by atoms with Gasteiger partial charge in [0.1, 0.15) is 35.9 Å². The number of rotatable bonds is 3. The van der Waals surface area contributed by atoms with Gasteiger partial charge in [0.2, 0.25) is 0 Å². The molecule has 3 aromatic heterocycles. The van der Waals surface area contributed by atoms with E-state index < -0.39 is 29.8 Å². The number of carbonyl (C=O) groups excluding carboxylic acids is 1. The largest absolute Gasteiger partial charge is 0.508 e. The van der Waals surface area contributed by atoms with Gasteiger partial charge >= 0.3 is 12.2 Å². The van der Waals surface area contributed by atoms with E-state index in [0.29, 0.717) is 62.1 Å². The minimum Gasteiger partial charge on any atom is -0.461 e. The SMILES string of the molecule is Cc1cc2[nH]ncc2c2c1CCCOC(=O)O[C@@H]1CCCN(C1)c1nc(OC[C@@]34CCCN3C[C@H](F)C4)nc3c(F)c-2ncc13. The molecule has 45 heavy (non-hydrogen) atoms. The molecule has 1 aromatic carbocycles. The smallest absolute Gasteiger partial charge is 0.461 e. The zero-order chi connectivity index (χ0) is 30.7. The van der Waals surface area contributed by atoms with E-state index in [2.05, 4.69) is 20.1 Å². The van der Waals surface area contributed by atoms with E-state index in [9.17, 15) is 9.18 Å². The summed E-state index contributed by atoms with van der Waals surface area (Å²) >= 11 is 0. The van der Waals surface area contributed by atoms with Gasteiger partial charge in [-0.3, -0.25) is 15.0 Å². The number of nitrogens with one attached hydrogen (secondary N) is 1. The number of alkyl halides is 1. The molecule has 5 aliphatic heterocycles. The third-order valence-electron chi connectivity index (χ3n) is 9.92. The van der Waals surface area contributed by atoms with Gasteiger partial charge in [0.15, 0.2) is 5.82 Å². The van der Waals surface area contributed by atoms with Crippen molar-refractivity contribution in [3.63, 3.8) is 0 Å². The Hall–Kier alpha value is -4.13. The lowest BCUT2D eigenvalue weighted by atomic mass is 9.92. The van der Waals surface area contributed by atoms with Crippen molar-refractivity contribution in [2.45, 2.75) is 69.7 Å². The summed E-state index contributed by atoms with van der Waals surface area (Å²) in [5.74, 6) is -0.126. The highest BCUT2D eigenvalue weighted by atomic mass is 19.1. The zero-order valence-corrected chi connectivity index (χ0v) is 25.2. The highest BCUT2D eigenvalue weighted by Crippen LogP contribution is 2.42. The van der Waals surface area contributed by atoms with Crippen LogP contribution in [0.15, 0.2) is 18.5 Å². The maximum absolute atomic E-state index is 17.0. The molecule has 0 aliphatic carbocycles. The number of anilines is 1. The first-order valence-corrected chi connectivity index (χ1v) is 15.8. The predicted molar refractivity (Wildman–Crippen MR) is 162 cm³/mol. The summed E-state index contributed by atoms with van der Waals surface area (Å²) in [6.07, 6.45) is 5.90. The Morgan fingerprint density at radius 1 is 1.16 bits per heavy atom. The number of ether oxygens (including phenoxy) is 3. The second kappa shape index (κ2) is 11.0. The number of halogens is 2. The molecule has 1 N–H and O–H groups in total. The fraction of sp³-hybridized carbons (Fsp3) is 0.531. The van der Waals surface area contributed by atoms with Crippen molar-refractivity contribution < 1.29 is 27.8 Å². The van der Waals surface area contributed by atoms with Crippen LogP contribution in [0.5, 0.6) is 6.01 Å². The Morgan fingerprint density at radius 2 is 2.07 bits per heavy atom. The number of aryl methyl sites for hydroxylation is 1. The predicted octanol–water partition coefficient (Wildman–Crippen LogP) is 5.04. The summed E-state index contributed by atoms with van der Waals surface area (Å²) in [6, 6.07) is 2.00. The van der Waals surface area contributed by atoms with Crippen LogP contribution >= 0.6 is 0 Å². The third kappa shape index (κ3) is 4.91. The van der Waals surface area contributed by atoms with Gasteiger partial charge in [0, 0.05) is 36.7 Å². The van der Waals surface area contributed by atoms with Gasteiger partial charge in [-0.2, -0.15) is 15.1 Å². The van der Waals surface area contributed by atoms with E-state index in [4.69, 9.17) is 24.2 Å². The molecule has 3 fully saturated rings. The summed E-state index contributed by atoms with van der Waals surface area (Å²) in [7, 11) is 0. The van der Waals surface area contributed by atoms with Crippen LogP contribution in [0.25, 0.3) is 33.1 Å². The molecule has 0 unspecified atom stereocenters. The molecule has 0 spiro atoms. The molecular weight excluding hydrogens is 584 g/mol. The fourth-order valence-electron chi connectivity index (χ4n) is 7.81. The van der Waals surface area contributed by atoms with Crippen molar-refractivity contribution >= 4 is 33.8 Å². The molecule has 11 nitrogen and oxygen atoms in total. The van der Waals surface area contributed by atoms with Crippen LogP contribution in [0, 0.1) is 12.7 Å². The maximum atomic E-state index is 17.0. The average Bonchev–Trinajstić information content (AvgIpc) is 3.72. The number of aromatic nitrogens is 5. The number of benzene rings is 1. The minimum atomic E-state index is -0.903. The van der Waals surface area contributed by atoms with E-state index >= 15 is 4.39 Å². The summed E-state index contributed by atoms with van der Waals surface area (Å²) < 4.78 is 48.8. The highest BCUT2D eigenvalue weighted by molar-refractivity contribution is 5.99. The second-order valence-corrected chi connectivity index (χ2v) is 12.8. The standard InChI is InChI=1S/C32H35F2N7O4/c1-18-11-24-22(14-36-39-24)25-21(18)6-3-10-43-31(42)45-20-5-2-8-40(16-20)29-23-13-35-28(25)26(34)27(23)37-30(38-29)44-17-32-7-4-9-41(32)15-19(33)12-32/h11,13-14,19-20H,2-10,12,15-17H2,1H3,(H,36,39)/t19-,20-,32+/m1/s1. The van der Waals surface area contributed by atoms with Crippen molar-refractivity contribution in [2.75, 3.05) is 44.3 Å². The van der Waals surface area contributed by atoms with Crippen molar-refractivity contribution in [3.8, 4) is 17.3 Å². The molecule has 13 heteroatoms. The van der Waals surface area contributed by atoms with Crippen LogP contribution in [0.3, 0.4) is 0 Å². The number of hydrogen-bond acceptors (Lipinski definition) is 10. The number of fused-ring (bicyclic) bond motifs is 8. The van der Waals surface area contributed by atoms with Crippen LogP contribution in [0.4, 0.5) is 19.4 Å². The molecule has 5 aliphatic rings. The summed E-state index contributed by atoms with van der Waals surface area (Å²) in [6.45, 7) is 4.53. The van der Waals surface area contributed by atoms with Gasteiger partial charge in [0.05, 0.1) is 35.8 Å². The lowest BCUT2D eigenvalue weighted by Crippen LogP contribution is -2.43. The molecule has 3 atom stereocenters. The Labute approximate surface area is 258 Å². The summed E-state index contributed by atoms with van der Waals surface area (Å²) in [5, 5.41) is 8.39. The van der Waals surface area contributed by atoms with Gasteiger partial charge < -0.3 is 19.1 Å². The Bertz CT molecular complexity index is 1800. The number of nitrogens with zero attached hydrogens (tertiary/aromatic N) is 6. The lowest BCUT2D eigenvalue weighted by molar-refractivity contribution is 0.0185. The minimum absolute atomic E-state index is 0.0265. The van der Waals surface area contributed by atoms with Crippen LogP contribution in [-0.4, -0.2) is 93.4 Å². The summed E-state index contributed by atoms with van der Waals surface area (Å²) in [4.78, 5) is 30.9. The van der Waals surface area contributed by atoms with Crippen molar-refractivity contribution in [2.24, 2.45) is 0 Å². The quantitative estimate of drug-likeness (QED) is 0.313. The topological polar surface area (TPSA) is 119 Å². The molecule has 0 radical (unpaired) electrons. The molecule has 3 saturated heterocycles. The van der Waals surface area contributed by atoms with Crippen LogP contribution in [-0.2, 0) is 15.9 Å². The van der Waals surface area contributed by atoms with Gasteiger partial charge in [-0.15, -0.1) is 0 Å². The van der Waals surface area contributed by atoms with Crippen LogP contribution in [0.1, 0.15) is 49.7 Å². The molecule has 6 bridgehead atoms. The van der Waals surface area contributed by atoms with Gasteiger partial charge in [-0.25, -0.2) is 13.6 Å². The number of pyridine rings is 1. The molecule has 236 valence electrons. The van der Waals surface area contributed by atoms with Crippen molar-refractivity contribution in [1.29, 1.82) is 0 Å². The molecule has 9 rings (SSSR count). The second-order valence-electron chi connectivity index (χ2n) is 12.8. The van der Waals surface area contributed by atoms with E-state index in [-0.39, 0.29) is 30.4 Å². The number of carbonyl (C=O) groups is 1. The number of piperidine rings is 1. The lowest BCUT2D eigenvalue weighted by Gasteiger charge is -2.34. The average molecular weight is 620 g/mol. The summed E-state index contributed by atoms with van der Waals surface area (Å²) in [5.41, 5.74) is 3.03. The number of H-pyrrole nitrogens is 1. The zero-order valence-electron chi connectivity index (χ0n) is 25.2. The first kappa shape index (κ1) is 28.4. The molecule has 8 heterocycles. The van der Waals surface area contributed by atoms with Crippen LogP contribution < -0.4 is 9.64 Å². The van der Waals surface area contributed by atoms with Crippen LogP contribution in [0.2, 0.25) is 0 Å². The van der Waals surface area contributed by atoms with Gasteiger partial charge in [-0.05, 0) is 69.2 Å². The first-order valence-electron chi connectivity index (χ1n) is 15.8. The molecule has 0 saturated carbocycles. The van der Waals surface area contributed by atoms with Gasteiger partial charge in [-0.1, -0.05) is 0 Å². The third-order valence-corrected chi connectivity index (χ3v) is 9.92. The maximum Gasteiger partial charge on any atom is 0.508 e.